The van der Waals surface area contributed by atoms with E-state index in [9.17, 15) is 9.90 Å². The highest BCUT2D eigenvalue weighted by molar-refractivity contribution is 5.80. The number of methoxy groups -OCH3 is 1. The minimum Gasteiger partial charge on any atom is -0.504 e. The fraction of sp³-hybridized carbons (Fsp3) is 0.118. The smallest absolute Gasteiger partial charge is 0.281 e. The molecule has 2 aromatic carbocycles. The number of rotatable bonds is 4. The standard InChI is InChI=1S/C17H16N6O3/c1-11(19-21-12-7-8-15(24)16(9-12)26-2)20-22-23-10-18-14-6-4-3-5-13(14)17(23)25/h3-10,22,24H,1-2H3/b20-11+,21-19?. The van der Waals surface area contributed by atoms with Gasteiger partial charge in [0.25, 0.3) is 5.56 Å². The summed E-state index contributed by atoms with van der Waals surface area (Å²) in [6.45, 7) is 1.62. The van der Waals surface area contributed by atoms with Crippen LogP contribution in [0.4, 0.5) is 5.69 Å². The first-order chi connectivity index (χ1) is 12.6. The normalized spacial score (nSPS) is 11.8. The van der Waals surface area contributed by atoms with Crippen LogP contribution >= 0.6 is 0 Å². The average Bonchev–Trinajstić information content (AvgIpc) is 2.67. The van der Waals surface area contributed by atoms with Gasteiger partial charge in [-0.15, -0.1) is 15.3 Å². The van der Waals surface area contributed by atoms with Gasteiger partial charge in [-0.25, -0.2) is 10.5 Å². The van der Waals surface area contributed by atoms with Crippen molar-refractivity contribution in [2.24, 2.45) is 15.3 Å². The zero-order chi connectivity index (χ0) is 18.5. The molecule has 0 radical (unpaired) electrons. The number of phenols is 1. The van der Waals surface area contributed by atoms with Crippen molar-refractivity contribution in [3.05, 3.63) is 59.1 Å². The molecule has 0 spiro atoms. The fourth-order valence-corrected chi connectivity index (χ4v) is 2.15. The van der Waals surface area contributed by atoms with Gasteiger partial charge in [-0.3, -0.25) is 4.79 Å². The second-order valence-corrected chi connectivity index (χ2v) is 5.25. The summed E-state index contributed by atoms with van der Waals surface area (Å²) >= 11 is 0. The molecule has 0 bridgehead atoms. The maximum atomic E-state index is 12.3. The Kier molecular flexibility index (Phi) is 4.88. The molecule has 132 valence electrons. The number of hydrogen-bond acceptors (Lipinski definition) is 7. The number of amidine groups is 1. The molecule has 0 aliphatic rings. The molecule has 0 aliphatic heterocycles. The van der Waals surface area contributed by atoms with Crippen LogP contribution < -0.4 is 15.8 Å². The summed E-state index contributed by atoms with van der Waals surface area (Å²) in [4.78, 5) is 16.5. The monoisotopic (exact) mass is 352 g/mol. The Morgan fingerprint density at radius 1 is 1.27 bits per heavy atom. The van der Waals surface area contributed by atoms with Crippen LogP contribution in [0.15, 0.2) is 68.9 Å². The van der Waals surface area contributed by atoms with E-state index in [1.807, 2.05) is 6.07 Å². The number of fused-ring (bicyclic) bond motifs is 1. The number of benzene rings is 2. The lowest BCUT2D eigenvalue weighted by Gasteiger charge is -2.05. The summed E-state index contributed by atoms with van der Waals surface area (Å²) in [6.07, 6.45) is 1.35. The van der Waals surface area contributed by atoms with Gasteiger partial charge in [-0.1, -0.05) is 12.1 Å². The molecule has 0 unspecified atom stereocenters. The lowest BCUT2D eigenvalue weighted by molar-refractivity contribution is 0.373. The van der Waals surface area contributed by atoms with E-state index >= 15 is 0 Å². The summed E-state index contributed by atoms with van der Waals surface area (Å²) in [7, 11) is 1.45. The number of aromatic hydroxyl groups is 1. The number of ether oxygens (including phenoxy) is 1. The average molecular weight is 352 g/mol. The van der Waals surface area contributed by atoms with Crippen LogP contribution in [-0.4, -0.2) is 27.7 Å². The number of phenolic OH excluding ortho intramolecular Hbond substituents is 1. The fourth-order valence-electron chi connectivity index (χ4n) is 2.15. The van der Waals surface area contributed by atoms with E-state index in [0.717, 1.165) is 4.68 Å². The number of para-hydroxylation sites is 1. The summed E-state index contributed by atoms with van der Waals surface area (Å²) < 4.78 is 6.16. The van der Waals surface area contributed by atoms with E-state index in [-0.39, 0.29) is 17.1 Å². The van der Waals surface area contributed by atoms with Crippen molar-refractivity contribution in [1.29, 1.82) is 0 Å². The maximum absolute atomic E-state index is 12.3. The van der Waals surface area contributed by atoms with Gasteiger partial charge < -0.3 is 9.84 Å². The summed E-state index contributed by atoms with van der Waals surface area (Å²) in [5, 5.41) is 22.0. The number of hydrazone groups is 1. The van der Waals surface area contributed by atoms with Gasteiger partial charge in [0.15, 0.2) is 17.3 Å². The van der Waals surface area contributed by atoms with E-state index in [1.165, 1.54) is 25.6 Å². The predicted octanol–water partition coefficient (Wildman–Crippen LogP) is 2.77. The highest BCUT2D eigenvalue weighted by Crippen LogP contribution is 2.30. The van der Waals surface area contributed by atoms with Crippen LogP contribution in [0.3, 0.4) is 0 Å². The van der Waals surface area contributed by atoms with Crippen molar-refractivity contribution < 1.29 is 9.84 Å². The zero-order valence-corrected chi connectivity index (χ0v) is 14.1. The molecule has 9 nitrogen and oxygen atoms in total. The Morgan fingerprint density at radius 3 is 2.88 bits per heavy atom. The first kappa shape index (κ1) is 17.1. The van der Waals surface area contributed by atoms with Crippen LogP contribution in [0, 0.1) is 0 Å². The quantitative estimate of drug-likeness (QED) is 0.324. The van der Waals surface area contributed by atoms with Crippen molar-refractivity contribution in [3.8, 4) is 11.5 Å². The minimum absolute atomic E-state index is 0.0154. The summed E-state index contributed by atoms with van der Waals surface area (Å²) in [6, 6.07) is 11.6. The maximum Gasteiger partial charge on any atom is 0.281 e. The van der Waals surface area contributed by atoms with E-state index in [0.29, 0.717) is 22.3 Å². The molecule has 0 atom stereocenters. The first-order valence-electron chi connectivity index (χ1n) is 7.64. The van der Waals surface area contributed by atoms with Gasteiger partial charge in [-0.2, -0.15) is 4.68 Å². The molecule has 26 heavy (non-hydrogen) atoms. The molecule has 1 heterocycles. The number of azo groups is 1. The molecule has 0 amide bonds. The number of hydrogen-bond donors (Lipinski definition) is 2. The Bertz CT molecular complexity index is 1060. The van der Waals surface area contributed by atoms with E-state index in [2.05, 4.69) is 25.8 Å². The lowest BCUT2D eigenvalue weighted by atomic mass is 10.2. The van der Waals surface area contributed by atoms with Crippen molar-refractivity contribution in [2.75, 3.05) is 12.6 Å². The third-order valence-electron chi connectivity index (χ3n) is 3.46. The van der Waals surface area contributed by atoms with Crippen LogP contribution in [0.25, 0.3) is 10.9 Å². The molecule has 1 aromatic heterocycles. The number of aromatic nitrogens is 2. The van der Waals surface area contributed by atoms with Gasteiger partial charge in [0.1, 0.15) is 6.33 Å². The summed E-state index contributed by atoms with van der Waals surface area (Å²) in [5.74, 6) is 0.599. The van der Waals surface area contributed by atoms with E-state index in [4.69, 9.17) is 4.74 Å². The molecule has 3 rings (SSSR count). The number of nitrogens with one attached hydrogen (secondary N) is 1. The van der Waals surface area contributed by atoms with Crippen LogP contribution in [0.5, 0.6) is 11.5 Å². The van der Waals surface area contributed by atoms with Gasteiger partial charge in [0.05, 0.1) is 23.7 Å². The Morgan fingerprint density at radius 2 is 2.08 bits per heavy atom. The molecular weight excluding hydrogens is 336 g/mol. The Balaban J connectivity index is 1.76. The van der Waals surface area contributed by atoms with Gasteiger partial charge in [-0.05, 0) is 31.2 Å². The molecule has 0 aliphatic carbocycles. The van der Waals surface area contributed by atoms with Crippen molar-refractivity contribution in [1.82, 2.24) is 9.66 Å². The molecular formula is C17H16N6O3. The Labute approximate surface area is 148 Å². The van der Waals surface area contributed by atoms with E-state index < -0.39 is 0 Å². The second-order valence-electron chi connectivity index (χ2n) is 5.25. The van der Waals surface area contributed by atoms with Gasteiger partial charge >= 0.3 is 0 Å². The first-order valence-corrected chi connectivity index (χ1v) is 7.64. The van der Waals surface area contributed by atoms with Gasteiger partial charge in [0.2, 0.25) is 0 Å². The van der Waals surface area contributed by atoms with Crippen molar-refractivity contribution >= 4 is 22.4 Å². The molecule has 9 heteroatoms. The SMILES string of the molecule is COc1cc(N=N/C(C)=N/Nn2cnc3ccccc3c2=O)ccc1O. The highest BCUT2D eigenvalue weighted by Gasteiger charge is 2.03. The largest absolute Gasteiger partial charge is 0.504 e. The van der Waals surface area contributed by atoms with Crippen LogP contribution in [0.2, 0.25) is 0 Å². The molecule has 0 fully saturated rings. The van der Waals surface area contributed by atoms with Crippen LogP contribution in [-0.2, 0) is 0 Å². The number of nitrogens with zero attached hydrogens (tertiary/aromatic N) is 5. The third-order valence-corrected chi connectivity index (χ3v) is 3.46. The topological polar surface area (TPSA) is 113 Å². The van der Waals surface area contributed by atoms with Crippen molar-refractivity contribution in [3.63, 3.8) is 0 Å². The van der Waals surface area contributed by atoms with Crippen molar-refractivity contribution in [2.45, 2.75) is 6.92 Å². The summed E-state index contributed by atoms with van der Waals surface area (Å²) in [5.41, 5.74) is 3.41. The highest BCUT2D eigenvalue weighted by atomic mass is 16.5. The van der Waals surface area contributed by atoms with E-state index in [1.54, 1.807) is 31.2 Å². The van der Waals surface area contributed by atoms with Crippen LogP contribution in [0.1, 0.15) is 6.92 Å². The zero-order valence-electron chi connectivity index (χ0n) is 14.1. The Hall–Kier alpha value is -3.75. The predicted molar refractivity (Wildman–Crippen MR) is 97.6 cm³/mol. The third kappa shape index (κ3) is 3.66. The molecule has 0 saturated heterocycles. The lowest BCUT2D eigenvalue weighted by Crippen LogP contribution is -2.26. The van der Waals surface area contributed by atoms with Gasteiger partial charge in [0, 0.05) is 6.07 Å². The minimum atomic E-state index is -0.271. The molecule has 2 N–H and O–H groups in total. The second kappa shape index (κ2) is 7.43. The molecule has 0 saturated carbocycles. The molecule has 3 aromatic rings.